The van der Waals surface area contributed by atoms with Gasteiger partial charge >= 0.3 is 0 Å². The molecule has 2 aromatic rings. The van der Waals surface area contributed by atoms with Crippen molar-refractivity contribution in [1.82, 2.24) is 0 Å². The molecule has 0 aliphatic heterocycles. The third-order valence-electron chi connectivity index (χ3n) is 2.74. The van der Waals surface area contributed by atoms with E-state index in [-0.39, 0.29) is 4.47 Å². The van der Waals surface area contributed by atoms with Gasteiger partial charge in [0.15, 0.2) is 0 Å². The zero-order valence-corrected chi connectivity index (χ0v) is 12.0. The number of nitrogens with one attached hydrogen (secondary N) is 1. The van der Waals surface area contributed by atoms with Gasteiger partial charge in [0, 0.05) is 18.7 Å². The SMILES string of the molecule is Nc1cc(Br)c(F)cc1NCCc1cc(F)cc(F)c1. The Hall–Kier alpha value is -1.69. The fourth-order valence-corrected chi connectivity index (χ4v) is 2.17. The molecule has 0 aliphatic carbocycles. The van der Waals surface area contributed by atoms with E-state index in [1.165, 1.54) is 24.3 Å². The lowest BCUT2D eigenvalue weighted by Crippen LogP contribution is -2.07. The molecule has 0 heterocycles. The normalized spacial score (nSPS) is 10.6. The van der Waals surface area contributed by atoms with E-state index in [1.807, 2.05) is 0 Å². The Morgan fingerprint density at radius 2 is 1.65 bits per heavy atom. The molecule has 0 radical (unpaired) electrons. The summed E-state index contributed by atoms with van der Waals surface area (Å²) in [6.45, 7) is 0.383. The number of hydrogen-bond donors (Lipinski definition) is 2. The molecule has 0 unspecified atom stereocenters. The van der Waals surface area contributed by atoms with E-state index in [9.17, 15) is 13.2 Å². The van der Waals surface area contributed by atoms with E-state index < -0.39 is 17.5 Å². The maximum absolute atomic E-state index is 13.4. The van der Waals surface area contributed by atoms with Gasteiger partial charge in [0.2, 0.25) is 0 Å². The molecule has 2 rings (SSSR count). The highest BCUT2D eigenvalue weighted by Crippen LogP contribution is 2.26. The van der Waals surface area contributed by atoms with Gasteiger partial charge in [-0.15, -0.1) is 0 Å². The standard InChI is InChI=1S/C14H12BrF3N2/c15-11-6-13(19)14(7-12(11)18)20-2-1-8-3-9(16)5-10(17)4-8/h3-7,20H,1-2,19H2. The molecule has 2 nitrogen and oxygen atoms in total. The van der Waals surface area contributed by atoms with Crippen molar-refractivity contribution in [2.75, 3.05) is 17.6 Å². The van der Waals surface area contributed by atoms with Crippen LogP contribution in [0.2, 0.25) is 0 Å². The predicted octanol–water partition coefficient (Wildman–Crippen LogP) is 4.10. The third kappa shape index (κ3) is 3.66. The van der Waals surface area contributed by atoms with E-state index in [2.05, 4.69) is 21.2 Å². The van der Waals surface area contributed by atoms with Crippen molar-refractivity contribution in [3.8, 4) is 0 Å². The first kappa shape index (κ1) is 14.7. The molecular weight excluding hydrogens is 333 g/mol. The van der Waals surface area contributed by atoms with Crippen LogP contribution in [0.1, 0.15) is 5.56 Å². The number of anilines is 2. The van der Waals surface area contributed by atoms with Crippen LogP contribution in [0.3, 0.4) is 0 Å². The van der Waals surface area contributed by atoms with Crippen LogP contribution in [0.4, 0.5) is 24.5 Å². The van der Waals surface area contributed by atoms with Gasteiger partial charge in [-0.05, 0) is 46.1 Å². The molecule has 3 N–H and O–H groups in total. The molecule has 0 spiro atoms. The molecule has 0 amide bonds. The van der Waals surface area contributed by atoms with Gasteiger partial charge < -0.3 is 11.1 Å². The molecule has 6 heteroatoms. The summed E-state index contributed by atoms with van der Waals surface area (Å²) in [6.07, 6.45) is 0.395. The second-order valence-electron chi connectivity index (χ2n) is 4.31. The van der Waals surface area contributed by atoms with E-state index in [1.54, 1.807) is 0 Å². The number of rotatable bonds is 4. The van der Waals surface area contributed by atoms with Crippen LogP contribution in [0, 0.1) is 17.5 Å². The number of nitrogen functional groups attached to an aromatic ring is 1. The maximum atomic E-state index is 13.4. The monoisotopic (exact) mass is 344 g/mol. The number of benzene rings is 2. The van der Waals surface area contributed by atoms with E-state index in [0.717, 1.165) is 6.07 Å². The summed E-state index contributed by atoms with van der Waals surface area (Å²) in [7, 11) is 0. The smallest absolute Gasteiger partial charge is 0.139 e. The van der Waals surface area contributed by atoms with Crippen molar-refractivity contribution in [1.29, 1.82) is 0 Å². The van der Waals surface area contributed by atoms with Crippen LogP contribution in [0.5, 0.6) is 0 Å². The van der Waals surface area contributed by atoms with Gasteiger partial charge in [-0.3, -0.25) is 0 Å². The zero-order chi connectivity index (χ0) is 14.7. The summed E-state index contributed by atoms with van der Waals surface area (Å²) < 4.78 is 39.7. The van der Waals surface area contributed by atoms with E-state index in [0.29, 0.717) is 29.9 Å². The second kappa shape index (κ2) is 6.17. The van der Waals surface area contributed by atoms with Crippen LogP contribution in [0.25, 0.3) is 0 Å². The average molecular weight is 345 g/mol. The molecular formula is C14H12BrF3N2. The molecule has 0 saturated carbocycles. The van der Waals surface area contributed by atoms with Crippen LogP contribution in [0.15, 0.2) is 34.8 Å². The van der Waals surface area contributed by atoms with Crippen molar-refractivity contribution >= 4 is 27.3 Å². The minimum absolute atomic E-state index is 0.285. The summed E-state index contributed by atoms with van der Waals surface area (Å²) in [6, 6.07) is 6.07. The lowest BCUT2D eigenvalue weighted by atomic mass is 10.1. The average Bonchev–Trinajstić information content (AvgIpc) is 2.34. The summed E-state index contributed by atoms with van der Waals surface area (Å²) >= 11 is 3.03. The summed E-state index contributed by atoms with van der Waals surface area (Å²) in [4.78, 5) is 0. The molecule has 0 bridgehead atoms. The summed E-state index contributed by atoms with van der Waals surface area (Å²) in [5.41, 5.74) is 7.10. The molecule has 2 aromatic carbocycles. The van der Waals surface area contributed by atoms with Gasteiger partial charge in [0.05, 0.1) is 15.8 Å². The molecule has 0 fully saturated rings. The van der Waals surface area contributed by atoms with Crippen LogP contribution >= 0.6 is 15.9 Å². The Bertz CT molecular complexity index is 612. The number of nitrogens with two attached hydrogens (primary N) is 1. The molecule has 0 atom stereocenters. The highest BCUT2D eigenvalue weighted by molar-refractivity contribution is 9.10. The van der Waals surface area contributed by atoms with Crippen molar-refractivity contribution in [2.24, 2.45) is 0 Å². The van der Waals surface area contributed by atoms with Gasteiger partial charge in [-0.2, -0.15) is 0 Å². The molecule has 0 aromatic heterocycles. The molecule has 106 valence electrons. The van der Waals surface area contributed by atoms with Crippen molar-refractivity contribution in [3.63, 3.8) is 0 Å². The van der Waals surface area contributed by atoms with Crippen molar-refractivity contribution < 1.29 is 13.2 Å². The second-order valence-corrected chi connectivity index (χ2v) is 5.16. The van der Waals surface area contributed by atoms with Crippen molar-refractivity contribution in [2.45, 2.75) is 6.42 Å². The van der Waals surface area contributed by atoms with Gasteiger partial charge in [-0.25, -0.2) is 13.2 Å². The fraction of sp³-hybridized carbons (Fsp3) is 0.143. The van der Waals surface area contributed by atoms with E-state index >= 15 is 0 Å². The third-order valence-corrected chi connectivity index (χ3v) is 3.35. The van der Waals surface area contributed by atoms with Gasteiger partial charge in [0.25, 0.3) is 0 Å². The molecule has 0 saturated heterocycles. The minimum Gasteiger partial charge on any atom is -0.397 e. The maximum Gasteiger partial charge on any atom is 0.139 e. The molecule has 20 heavy (non-hydrogen) atoms. The largest absolute Gasteiger partial charge is 0.397 e. The predicted molar refractivity (Wildman–Crippen MR) is 77.1 cm³/mol. The molecule has 0 aliphatic rings. The zero-order valence-electron chi connectivity index (χ0n) is 10.4. The number of halogens is 4. The summed E-state index contributed by atoms with van der Waals surface area (Å²) in [5, 5.41) is 2.94. The topological polar surface area (TPSA) is 38.0 Å². The van der Waals surface area contributed by atoms with Crippen molar-refractivity contribution in [3.05, 3.63) is 57.8 Å². The van der Waals surface area contributed by atoms with Gasteiger partial charge in [-0.1, -0.05) is 0 Å². The first-order valence-electron chi connectivity index (χ1n) is 5.89. The summed E-state index contributed by atoms with van der Waals surface area (Å²) in [5.74, 6) is -1.66. The number of hydrogen-bond acceptors (Lipinski definition) is 2. The van der Waals surface area contributed by atoms with Crippen LogP contribution < -0.4 is 11.1 Å². The Morgan fingerprint density at radius 3 is 2.30 bits per heavy atom. The Labute approximate surface area is 122 Å². The quantitative estimate of drug-likeness (QED) is 0.819. The Morgan fingerprint density at radius 1 is 1.00 bits per heavy atom. The van der Waals surface area contributed by atoms with E-state index in [4.69, 9.17) is 5.73 Å². The Balaban J connectivity index is 2.01. The van der Waals surface area contributed by atoms with Crippen LogP contribution in [-0.4, -0.2) is 6.54 Å². The first-order chi connectivity index (χ1) is 9.45. The lowest BCUT2D eigenvalue weighted by Gasteiger charge is -2.10. The minimum atomic E-state index is -0.616. The fourth-order valence-electron chi connectivity index (χ4n) is 1.81. The first-order valence-corrected chi connectivity index (χ1v) is 6.68. The lowest BCUT2D eigenvalue weighted by molar-refractivity contribution is 0.580. The Kier molecular flexibility index (Phi) is 4.54. The highest BCUT2D eigenvalue weighted by Gasteiger charge is 2.06. The van der Waals surface area contributed by atoms with Crippen LogP contribution in [-0.2, 0) is 6.42 Å². The van der Waals surface area contributed by atoms with Gasteiger partial charge in [0.1, 0.15) is 17.5 Å². The highest BCUT2D eigenvalue weighted by atomic mass is 79.9.